The molecule has 1 aliphatic rings. The number of aliphatic carboxylic acids is 1. The molecule has 136 valence electrons. The highest BCUT2D eigenvalue weighted by Gasteiger charge is 2.17. The van der Waals surface area contributed by atoms with E-state index in [1.54, 1.807) is 31.2 Å². The molecule has 25 heavy (non-hydrogen) atoms. The highest BCUT2D eigenvalue weighted by molar-refractivity contribution is 5.94. The molecule has 0 aromatic heterocycles. The first-order valence-electron chi connectivity index (χ1n) is 8.85. The zero-order valence-corrected chi connectivity index (χ0v) is 14.6. The Morgan fingerprint density at radius 3 is 2.56 bits per heavy atom. The molecule has 0 spiro atoms. The van der Waals surface area contributed by atoms with Gasteiger partial charge in [-0.3, -0.25) is 14.4 Å². The van der Waals surface area contributed by atoms with Crippen molar-refractivity contribution in [3.05, 3.63) is 29.8 Å². The van der Waals surface area contributed by atoms with Crippen molar-refractivity contribution in [2.45, 2.75) is 51.4 Å². The van der Waals surface area contributed by atoms with Crippen LogP contribution in [0.15, 0.2) is 24.3 Å². The molecule has 0 bridgehead atoms. The summed E-state index contributed by atoms with van der Waals surface area (Å²) in [5.41, 5.74) is 1.14. The number of hydrogen-bond donors (Lipinski definition) is 3. The van der Waals surface area contributed by atoms with Crippen molar-refractivity contribution in [2.75, 3.05) is 11.9 Å². The summed E-state index contributed by atoms with van der Waals surface area (Å²) in [4.78, 5) is 35.0. The summed E-state index contributed by atoms with van der Waals surface area (Å²) in [6.07, 6.45) is 6.29. The molecule has 1 aromatic carbocycles. The summed E-state index contributed by atoms with van der Waals surface area (Å²) < 4.78 is 0. The van der Waals surface area contributed by atoms with E-state index in [1.807, 2.05) is 0 Å². The second kappa shape index (κ2) is 9.20. The van der Waals surface area contributed by atoms with Crippen LogP contribution >= 0.6 is 0 Å². The van der Waals surface area contributed by atoms with Crippen molar-refractivity contribution in [2.24, 2.45) is 5.92 Å². The topological polar surface area (TPSA) is 95.5 Å². The van der Waals surface area contributed by atoms with Gasteiger partial charge in [0.2, 0.25) is 11.8 Å². The number of anilines is 1. The molecule has 2 rings (SSSR count). The molecule has 3 N–H and O–H groups in total. The van der Waals surface area contributed by atoms with Gasteiger partial charge in [0.25, 0.3) is 0 Å². The largest absolute Gasteiger partial charge is 0.481 e. The Labute approximate surface area is 148 Å². The zero-order valence-electron chi connectivity index (χ0n) is 14.6. The fourth-order valence-corrected chi connectivity index (χ4v) is 3.14. The summed E-state index contributed by atoms with van der Waals surface area (Å²) >= 11 is 0. The van der Waals surface area contributed by atoms with Crippen LogP contribution in [0.4, 0.5) is 5.69 Å². The van der Waals surface area contributed by atoms with E-state index >= 15 is 0 Å². The van der Waals surface area contributed by atoms with Crippen LogP contribution < -0.4 is 10.6 Å². The quantitative estimate of drug-likeness (QED) is 0.707. The maximum atomic E-state index is 12.0. The Hall–Kier alpha value is -2.37. The predicted molar refractivity (Wildman–Crippen MR) is 95.3 cm³/mol. The van der Waals surface area contributed by atoms with Crippen LogP contribution in [0.1, 0.15) is 56.9 Å². The molecule has 1 aromatic rings. The molecule has 2 amide bonds. The molecule has 0 saturated heterocycles. The lowest BCUT2D eigenvalue weighted by Crippen LogP contribution is -2.34. The molecular formula is C19H26N2O4. The molecule has 6 nitrogen and oxygen atoms in total. The lowest BCUT2D eigenvalue weighted by Gasteiger charge is -2.20. The highest BCUT2D eigenvalue weighted by Crippen LogP contribution is 2.26. The van der Waals surface area contributed by atoms with Gasteiger partial charge >= 0.3 is 5.97 Å². The van der Waals surface area contributed by atoms with Gasteiger partial charge in [-0.25, -0.2) is 0 Å². The number of carboxylic acid groups (broad SMARTS) is 1. The van der Waals surface area contributed by atoms with Crippen LogP contribution in [-0.4, -0.2) is 29.4 Å². The lowest BCUT2D eigenvalue weighted by molar-refractivity contribution is -0.138. The minimum atomic E-state index is -0.918. The van der Waals surface area contributed by atoms with E-state index in [1.165, 1.54) is 19.3 Å². The molecule has 1 saturated carbocycles. The zero-order chi connectivity index (χ0) is 18.2. The minimum Gasteiger partial charge on any atom is -0.481 e. The van der Waals surface area contributed by atoms with Gasteiger partial charge in [0.15, 0.2) is 0 Å². The van der Waals surface area contributed by atoms with Crippen LogP contribution in [0.25, 0.3) is 0 Å². The van der Waals surface area contributed by atoms with Gasteiger partial charge in [-0.15, -0.1) is 0 Å². The van der Waals surface area contributed by atoms with Crippen LogP contribution in [-0.2, 0) is 14.4 Å². The van der Waals surface area contributed by atoms with Crippen molar-refractivity contribution in [3.8, 4) is 0 Å². The Morgan fingerprint density at radius 2 is 1.88 bits per heavy atom. The van der Waals surface area contributed by atoms with Gasteiger partial charge in [-0.2, -0.15) is 0 Å². The van der Waals surface area contributed by atoms with Crippen molar-refractivity contribution >= 4 is 23.5 Å². The van der Waals surface area contributed by atoms with Crippen LogP contribution in [0.5, 0.6) is 0 Å². The number of benzene rings is 1. The van der Waals surface area contributed by atoms with Gasteiger partial charge in [0, 0.05) is 12.1 Å². The number of carbonyl (C=O) groups is 3. The molecular weight excluding hydrogens is 320 g/mol. The molecule has 6 heteroatoms. The maximum Gasteiger partial charge on any atom is 0.310 e. The normalized spacial score (nSPS) is 16.0. The third-order valence-electron chi connectivity index (χ3n) is 4.69. The number of nitrogens with one attached hydrogen (secondary N) is 2. The fraction of sp³-hybridized carbons (Fsp3) is 0.526. The Balaban J connectivity index is 1.78. The molecule has 1 aliphatic carbocycles. The average molecular weight is 346 g/mol. The standard InChI is InChI=1S/C19H26N2O4/c1-13(19(24)25)15-8-5-9-16(11-15)21-18(23)12-20-17(22)10-14-6-3-2-4-7-14/h5,8-9,11,13-14H,2-4,6-7,10,12H2,1H3,(H,20,22)(H,21,23)(H,24,25). The summed E-state index contributed by atoms with van der Waals surface area (Å²) in [5, 5.41) is 14.4. The van der Waals surface area contributed by atoms with Gasteiger partial charge in [0.1, 0.15) is 0 Å². The monoisotopic (exact) mass is 346 g/mol. The Morgan fingerprint density at radius 1 is 1.16 bits per heavy atom. The van der Waals surface area contributed by atoms with Crippen molar-refractivity contribution in [1.82, 2.24) is 5.32 Å². The SMILES string of the molecule is CC(C(=O)O)c1cccc(NC(=O)CNC(=O)CC2CCCCC2)c1. The Bertz CT molecular complexity index is 624. The first-order chi connectivity index (χ1) is 12.0. The van der Waals surface area contributed by atoms with E-state index in [-0.39, 0.29) is 18.4 Å². The first-order valence-corrected chi connectivity index (χ1v) is 8.85. The number of hydrogen-bond acceptors (Lipinski definition) is 3. The summed E-state index contributed by atoms with van der Waals surface area (Å²) in [6, 6.07) is 6.74. The average Bonchev–Trinajstić information content (AvgIpc) is 2.60. The second-order valence-corrected chi connectivity index (χ2v) is 6.72. The first kappa shape index (κ1) is 19.0. The van der Waals surface area contributed by atoms with E-state index in [4.69, 9.17) is 5.11 Å². The van der Waals surface area contributed by atoms with Gasteiger partial charge in [0.05, 0.1) is 12.5 Å². The van der Waals surface area contributed by atoms with E-state index < -0.39 is 11.9 Å². The van der Waals surface area contributed by atoms with E-state index in [2.05, 4.69) is 10.6 Å². The minimum absolute atomic E-state index is 0.0791. The fourth-order valence-electron chi connectivity index (χ4n) is 3.14. The summed E-state index contributed by atoms with van der Waals surface area (Å²) in [6.45, 7) is 1.51. The number of carbonyl (C=O) groups excluding carboxylic acids is 2. The second-order valence-electron chi connectivity index (χ2n) is 6.72. The van der Waals surface area contributed by atoms with E-state index in [9.17, 15) is 14.4 Å². The smallest absolute Gasteiger partial charge is 0.310 e. The van der Waals surface area contributed by atoms with Gasteiger partial charge in [-0.05, 0) is 43.4 Å². The van der Waals surface area contributed by atoms with Crippen molar-refractivity contribution < 1.29 is 19.5 Å². The number of amides is 2. The van der Waals surface area contributed by atoms with Crippen LogP contribution in [0, 0.1) is 5.92 Å². The summed E-state index contributed by atoms with van der Waals surface area (Å²) in [7, 11) is 0. The third-order valence-corrected chi connectivity index (χ3v) is 4.69. The predicted octanol–water partition coefficient (Wildman–Crippen LogP) is 2.90. The molecule has 1 unspecified atom stereocenters. The number of carboxylic acids is 1. The number of rotatable bonds is 7. The molecule has 0 aliphatic heterocycles. The van der Waals surface area contributed by atoms with Gasteiger partial charge < -0.3 is 15.7 Å². The van der Waals surface area contributed by atoms with Crippen LogP contribution in [0.3, 0.4) is 0 Å². The molecule has 1 fully saturated rings. The van der Waals surface area contributed by atoms with E-state index in [0.717, 1.165) is 12.8 Å². The Kier molecular flexibility index (Phi) is 6.98. The third kappa shape index (κ3) is 6.21. The van der Waals surface area contributed by atoms with E-state index in [0.29, 0.717) is 23.6 Å². The molecule has 1 atom stereocenters. The van der Waals surface area contributed by atoms with Crippen molar-refractivity contribution in [1.29, 1.82) is 0 Å². The summed E-state index contributed by atoms with van der Waals surface area (Å²) in [5.74, 6) is -1.54. The van der Waals surface area contributed by atoms with Gasteiger partial charge in [-0.1, -0.05) is 31.4 Å². The maximum absolute atomic E-state index is 12.0. The molecule has 0 radical (unpaired) electrons. The molecule has 0 heterocycles. The highest BCUT2D eigenvalue weighted by atomic mass is 16.4. The lowest BCUT2D eigenvalue weighted by atomic mass is 9.87. The van der Waals surface area contributed by atoms with Crippen molar-refractivity contribution in [3.63, 3.8) is 0 Å². The van der Waals surface area contributed by atoms with Crippen LogP contribution in [0.2, 0.25) is 0 Å².